The summed E-state index contributed by atoms with van der Waals surface area (Å²) in [6, 6.07) is 8.61. The molecule has 0 fully saturated rings. The molecule has 0 unspecified atom stereocenters. The van der Waals surface area contributed by atoms with E-state index in [0.717, 1.165) is 11.6 Å². The minimum atomic E-state index is -0.698. The number of ether oxygens (including phenoxy) is 1. The second-order valence-corrected chi connectivity index (χ2v) is 9.81. The third-order valence-electron chi connectivity index (χ3n) is 5.87. The van der Waals surface area contributed by atoms with Gasteiger partial charge in [-0.15, -0.1) is 0 Å². The van der Waals surface area contributed by atoms with Gasteiger partial charge in [-0.3, -0.25) is 14.3 Å². The van der Waals surface area contributed by atoms with Crippen molar-refractivity contribution in [3.8, 4) is 22.8 Å². The minimum Gasteiger partial charge on any atom is -0.488 e. The molecule has 4 rings (SSSR count). The minimum absolute atomic E-state index is 0.127. The zero-order valence-corrected chi connectivity index (χ0v) is 21.2. The molecule has 0 N–H and O–H groups in total. The Morgan fingerprint density at radius 1 is 1.00 bits per heavy atom. The first-order valence-electron chi connectivity index (χ1n) is 11.6. The molecule has 0 radical (unpaired) electrons. The van der Waals surface area contributed by atoms with Crippen molar-refractivity contribution in [2.75, 3.05) is 0 Å². The fraction of sp³-hybridized carbons (Fsp3) is 0.286. The molecule has 186 valence electrons. The quantitative estimate of drug-likeness (QED) is 0.355. The van der Waals surface area contributed by atoms with E-state index in [1.54, 1.807) is 42.9 Å². The summed E-state index contributed by atoms with van der Waals surface area (Å²) in [7, 11) is 0. The lowest BCUT2D eigenvalue weighted by Gasteiger charge is -2.18. The maximum Gasteiger partial charge on any atom is 0.261 e. The van der Waals surface area contributed by atoms with E-state index in [9.17, 15) is 13.6 Å². The summed E-state index contributed by atoms with van der Waals surface area (Å²) < 4.78 is 34.5. The van der Waals surface area contributed by atoms with Crippen LogP contribution in [0.3, 0.4) is 0 Å². The van der Waals surface area contributed by atoms with Crippen molar-refractivity contribution in [3.63, 3.8) is 0 Å². The molecule has 0 atom stereocenters. The van der Waals surface area contributed by atoms with Gasteiger partial charge in [0.05, 0.1) is 22.6 Å². The maximum atomic E-state index is 14.0. The molecule has 8 heteroatoms. The molecular weight excluding hydrogens is 462 g/mol. The number of hydrogen-bond donors (Lipinski definition) is 0. The number of nitrogens with zero attached hydrogens (tertiary/aromatic N) is 4. The normalized spacial score (nSPS) is 11.6. The Kier molecular flexibility index (Phi) is 6.71. The second kappa shape index (κ2) is 9.60. The highest BCUT2D eigenvalue weighted by Crippen LogP contribution is 2.26. The Bertz CT molecular complexity index is 1510. The van der Waals surface area contributed by atoms with Crippen LogP contribution in [0.2, 0.25) is 0 Å². The van der Waals surface area contributed by atoms with Gasteiger partial charge in [-0.2, -0.15) is 0 Å². The molecular formula is C28H28F2N4O2. The van der Waals surface area contributed by atoms with Crippen LogP contribution in [0.15, 0.2) is 53.6 Å². The van der Waals surface area contributed by atoms with E-state index < -0.39 is 11.6 Å². The van der Waals surface area contributed by atoms with E-state index in [4.69, 9.17) is 9.72 Å². The second-order valence-electron chi connectivity index (χ2n) is 9.81. The van der Waals surface area contributed by atoms with Crippen molar-refractivity contribution in [3.05, 3.63) is 99.0 Å². The van der Waals surface area contributed by atoms with Crippen LogP contribution in [-0.2, 0) is 12.0 Å². The molecule has 36 heavy (non-hydrogen) atoms. The first kappa shape index (κ1) is 25.2. The predicted molar refractivity (Wildman–Crippen MR) is 134 cm³/mol. The van der Waals surface area contributed by atoms with Crippen molar-refractivity contribution in [1.29, 1.82) is 0 Å². The standard InChI is InChI=1S/C28H28F2N4O2/c1-16-14-32-27(28(4,5)6)33-25(16)23-13-21(9-10-31-23)34-17(2)11-24(18(3)26(34)35)36-15-19-7-8-20(29)12-22(19)30/h7-14H,15H2,1-6H3. The van der Waals surface area contributed by atoms with Crippen molar-refractivity contribution in [2.45, 2.75) is 53.6 Å². The van der Waals surface area contributed by atoms with Crippen LogP contribution in [0.1, 0.15) is 49.0 Å². The summed E-state index contributed by atoms with van der Waals surface area (Å²) >= 11 is 0. The highest BCUT2D eigenvalue weighted by atomic mass is 19.1. The molecule has 4 aromatic rings. The third-order valence-corrected chi connectivity index (χ3v) is 5.87. The summed E-state index contributed by atoms with van der Waals surface area (Å²) in [6.07, 6.45) is 3.43. The number of aryl methyl sites for hydroxylation is 2. The molecule has 0 aliphatic rings. The zero-order valence-electron chi connectivity index (χ0n) is 21.2. The van der Waals surface area contributed by atoms with Gasteiger partial charge in [0.15, 0.2) is 0 Å². The fourth-order valence-electron chi connectivity index (χ4n) is 3.81. The van der Waals surface area contributed by atoms with Gasteiger partial charge < -0.3 is 4.74 Å². The van der Waals surface area contributed by atoms with E-state index >= 15 is 0 Å². The van der Waals surface area contributed by atoms with Crippen molar-refractivity contribution >= 4 is 0 Å². The van der Waals surface area contributed by atoms with Crippen LogP contribution in [-0.4, -0.2) is 19.5 Å². The molecule has 0 spiro atoms. The molecule has 6 nitrogen and oxygen atoms in total. The molecule has 3 heterocycles. The average Bonchev–Trinajstić information content (AvgIpc) is 2.81. The largest absolute Gasteiger partial charge is 0.488 e. The Hall–Kier alpha value is -3.94. The maximum absolute atomic E-state index is 14.0. The van der Waals surface area contributed by atoms with Crippen molar-refractivity contribution in [1.82, 2.24) is 19.5 Å². The number of aromatic nitrogens is 4. The lowest BCUT2D eigenvalue weighted by Crippen LogP contribution is -2.23. The number of rotatable bonds is 5. The summed E-state index contributed by atoms with van der Waals surface area (Å²) in [5.41, 5.74) is 3.57. The zero-order chi connectivity index (χ0) is 26.2. The number of benzene rings is 1. The van der Waals surface area contributed by atoms with E-state index in [1.807, 2.05) is 33.8 Å². The van der Waals surface area contributed by atoms with Gasteiger partial charge in [-0.05, 0) is 50.6 Å². The molecule has 1 aromatic carbocycles. The van der Waals surface area contributed by atoms with Gasteiger partial charge in [-0.1, -0.05) is 20.8 Å². The van der Waals surface area contributed by atoms with E-state index in [2.05, 4.69) is 9.97 Å². The van der Waals surface area contributed by atoms with Crippen molar-refractivity contribution in [2.24, 2.45) is 0 Å². The molecule has 0 amide bonds. The van der Waals surface area contributed by atoms with Gasteiger partial charge in [0, 0.05) is 41.2 Å². The van der Waals surface area contributed by atoms with Crippen LogP contribution in [0.4, 0.5) is 8.78 Å². The Morgan fingerprint density at radius 2 is 1.75 bits per heavy atom. The molecule has 0 aliphatic carbocycles. The summed E-state index contributed by atoms with van der Waals surface area (Å²) in [5.74, 6) is -0.308. The molecule has 0 bridgehead atoms. The molecule has 0 aliphatic heterocycles. The number of pyridine rings is 2. The Morgan fingerprint density at radius 3 is 2.44 bits per heavy atom. The van der Waals surface area contributed by atoms with E-state index in [1.165, 1.54) is 12.1 Å². The van der Waals surface area contributed by atoms with Crippen LogP contribution >= 0.6 is 0 Å². The number of halogens is 2. The van der Waals surface area contributed by atoms with E-state index in [0.29, 0.717) is 39.9 Å². The highest BCUT2D eigenvalue weighted by Gasteiger charge is 2.20. The number of hydrogen-bond acceptors (Lipinski definition) is 5. The van der Waals surface area contributed by atoms with Crippen LogP contribution < -0.4 is 10.3 Å². The summed E-state index contributed by atoms with van der Waals surface area (Å²) in [6.45, 7) is 11.4. The van der Waals surface area contributed by atoms with Crippen molar-refractivity contribution < 1.29 is 13.5 Å². The first-order valence-corrected chi connectivity index (χ1v) is 11.6. The topological polar surface area (TPSA) is 69.9 Å². The molecule has 0 saturated heterocycles. The van der Waals surface area contributed by atoms with Gasteiger partial charge >= 0.3 is 0 Å². The SMILES string of the molecule is Cc1cnc(C(C)(C)C)nc1-c1cc(-n2c(C)cc(OCc3ccc(F)cc3F)c(C)c2=O)ccn1. The molecule has 3 aromatic heterocycles. The Labute approximate surface area is 208 Å². The highest BCUT2D eigenvalue weighted by molar-refractivity contribution is 5.61. The summed E-state index contributed by atoms with van der Waals surface area (Å²) in [5, 5.41) is 0. The van der Waals surface area contributed by atoms with Crippen LogP contribution in [0.5, 0.6) is 5.75 Å². The predicted octanol–water partition coefficient (Wildman–Crippen LogP) is 5.77. The first-order chi connectivity index (χ1) is 17.0. The Balaban J connectivity index is 1.70. The summed E-state index contributed by atoms with van der Waals surface area (Å²) in [4.78, 5) is 27.1. The lowest BCUT2D eigenvalue weighted by molar-refractivity contribution is 0.296. The van der Waals surface area contributed by atoms with Crippen LogP contribution in [0.25, 0.3) is 17.1 Å². The van der Waals surface area contributed by atoms with Gasteiger partial charge in [0.2, 0.25) is 0 Å². The fourth-order valence-corrected chi connectivity index (χ4v) is 3.81. The van der Waals surface area contributed by atoms with Gasteiger partial charge in [0.1, 0.15) is 29.8 Å². The lowest BCUT2D eigenvalue weighted by atomic mass is 9.95. The monoisotopic (exact) mass is 490 g/mol. The van der Waals surface area contributed by atoms with Crippen LogP contribution in [0, 0.1) is 32.4 Å². The smallest absolute Gasteiger partial charge is 0.261 e. The average molecular weight is 491 g/mol. The third kappa shape index (κ3) is 5.03. The molecule has 0 saturated carbocycles. The van der Waals surface area contributed by atoms with Gasteiger partial charge in [0.25, 0.3) is 5.56 Å². The van der Waals surface area contributed by atoms with E-state index in [-0.39, 0.29) is 23.1 Å². The van der Waals surface area contributed by atoms with Gasteiger partial charge in [-0.25, -0.2) is 18.7 Å².